The van der Waals surface area contributed by atoms with E-state index in [-0.39, 0.29) is 11.4 Å². The normalized spacial score (nSPS) is 32.4. The van der Waals surface area contributed by atoms with Crippen LogP contribution in [0, 0.1) is 6.92 Å². The van der Waals surface area contributed by atoms with Crippen molar-refractivity contribution in [2.45, 2.75) is 37.1 Å². The quantitative estimate of drug-likeness (QED) is 0.530. The number of hydrogen-bond acceptors (Lipinski definition) is 7. The minimum atomic E-state index is -5.17. The zero-order chi connectivity index (χ0) is 16.9. The molecule has 2 heterocycles. The molecule has 11 heteroatoms. The van der Waals surface area contributed by atoms with Gasteiger partial charge in [0.05, 0.1) is 6.61 Å². The molecule has 0 aromatic carbocycles. The number of aromatic nitrogens is 2. The van der Waals surface area contributed by atoms with Crippen LogP contribution in [0.3, 0.4) is 0 Å². The molecule has 0 bridgehead atoms. The van der Waals surface area contributed by atoms with Crippen LogP contribution in [0.5, 0.6) is 0 Å². The van der Waals surface area contributed by atoms with Crippen molar-refractivity contribution in [1.82, 2.24) is 9.55 Å². The van der Waals surface area contributed by atoms with Gasteiger partial charge in [0.2, 0.25) is 5.60 Å². The summed E-state index contributed by atoms with van der Waals surface area (Å²) in [4.78, 5) is 15.1. The monoisotopic (exact) mass is 325 g/mol. The number of hydrogen-bond donors (Lipinski definition) is 4. The predicted octanol–water partition coefficient (Wildman–Crippen LogP) is -1.32. The maximum atomic E-state index is 13.1. The van der Waals surface area contributed by atoms with Gasteiger partial charge in [0.1, 0.15) is 18.0 Å². The maximum absolute atomic E-state index is 13.1. The second-order valence-corrected chi connectivity index (χ2v) is 4.99. The highest BCUT2D eigenvalue weighted by atomic mass is 19.4. The highest BCUT2D eigenvalue weighted by Crippen LogP contribution is 2.46. The Hall–Kier alpha value is -1.69. The Morgan fingerprint density at radius 3 is 2.55 bits per heavy atom. The molecule has 1 aromatic rings. The molecule has 0 spiro atoms. The minimum Gasteiger partial charge on any atom is -0.393 e. The van der Waals surface area contributed by atoms with Gasteiger partial charge in [0.15, 0.2) is 6.23 Å². The number of nitrogens with zero attached hydrogens (tertiary/aromatic N) is 2. The van der Waals surface area contributed by atoms with Gasteiger partial charge in [-0.1, -0.05) is 0 Å². The number of anilines is 1. The van der Waals surface area contributed by atoms with E-state index >= 15 is 0 Å². The molecule has 0 radical (unpaired) electrons. The molecule has 4 atom stereocenters. The van der Waals surface area contributed by atoms with Gasteiger partial charge in [-0.15, -0.1) is 0 Å². The first kappa shape index (κ1) is 16.7. The molecule has 1 aromatic heterocycles. The van der Waals surface area contributed by atoms with E-state index in [1.807, 2.05) is 0 Å². The van der Waals surface area contributed by atoms with Crippen LogP contribution >= 0.6 is 0 Å². The van der Waals surface area contributed by atoms with Gasteiger partial charge >= 0.3 is 11.9 Å². The van der Waals surface area contributed by atoms with Crippen LogP contribution in [0.2, 0.25) is 0 Å². The van der Waals surface area contributed by atoms with Crippen LogP contribution in [0.4, 0.5) is 19.0 Å². The molecule has 1 saturated heterocycles. The molecule has 1 fully saturated rings. The average Bonchev–Trinajstić information content (AvgIpc) is 2.67. The van der Waals surface area contributed by atoms with Gasteiger partial charge in [-0.25, -0.2) is 4.79 Å². The summed E-state index contributed by atoms with van der Waals surface area (Å²) in [6.07, 6.45) is -10.6. The van der Waals surface area contributed by atoms with E-state index in [0.717, 1.165) is 6.20 Å². The lowest BCUT2D eigenvalue weighted by atomic mass is 9.95. The van der Waals surface area contributed by atoms with Crippen LogP contribution in [0.25, 0.3) is 0 Å². The molecule has 22 heavy (non-hydrogen) atoms. The molecule has 2 rings (SSSR count). The predicted molar refractivity (Wildman–Crippen MR) is 65.7 cm³/mol. The Kier molecular flexibility index (Phi) is 3.94. The lowest BCUT2D eigenvalue weighted by Gasteiger charge is -2.31. The molecule has 1 aliphatic rings. The van der Waals surface area contributed by atoms with Crippen molar-refractivity contribution in [3.8, 4) is 0 Å². The third kappa shape index (κ3) is 2.26. The van der Waals surface area contributed by atoms with Gasteiger partial charge in [-0.05, 0) is 6.92 Å². The van der Waals surface area contributed by atoms with Gasteiger partial charge < -0.3 is 25.8 Å². The van der Waals surface area contributed by atoms with Crippen LogP contribution < -0.4 is 11.4 Å². The molecular formula is C11H14F3N3O5. The number of rotatable bonds is 2. The summed E-state index contributed by atoms with van der Waals surface area (Å²) in [5.41, 5.74) is 1.21. The topological polar surface area (TPSA) is 131 Å². The Balaban J connectivity index is 2.52. The van der Waals surface area contributed by atoms with E-state index in [9.17, 15) is 28.2 Å². The zero-order valence-corrected chi connectivity index (χ0v) is 11.3. The van der Waals surface area contributed by atoms with Crippen LogP contribution in [0.15, 0.2) is 11.0 Å². The Labute approximate surface area is 121 Å². The number of aliphatic hydroxyl groups excluding tert-OH is 3. The second-order valence-electron chi connectivity index (χ2n) is 4.99. The summed E-state index contributed by atoms with van der Waals surface area (Å²) in [6.45, 7) is -0.180. The van der Waals surface area contributed by atoms with Gasteiger partial charge in [-0.2, -0.15) is 18.2 Å². The summed E-state index contributed by atoms with van der Waals surface area (Å²) in [5, 5.41) is 28.5. The van der Waals surface area contributed by atoms with Crippen molar-refractivity contribution in [2.75, 3.05) is 12.3 Å². The lowest BCUT2D eigenvalue weighted by Crippen LogP contribution is -2.57. The Bertz CT molecular complexity index is 634. The van der Waals surface area contributed by atoms with Gasteiger partial charge in [0, 0.05) is 11.8 Å². The first-order valence-electron chi connectivity index (χ1n) is 6.12. The standard InChI is InChI=1S/C11H14F3N3O5/c1-4-2-17(9(21)16-7(4)15)8-5(19)6(20)10(3-18,22-8)11(12,13)14/h2,5-6,8,18-20H,3H2,1H3,(H2,15,16,21). The highest BCUT2D eigenvalue weighted by molar-refractivity contribution is 5.35. The van der Waals surface area contributed by atoms with Gasteiger partial charge in [-0.3, -0.25) is 4.57 Å². The van der Waals surface area contributed by atoms with E-state index in [0.29, 0.717) is 4.57 Å². The average molecular weight is 325 g/mol. The summed E-state index contributed by atoms with van der Waals surface area (Å²) >= 11 is 0. The van der Waals surface area contributed by atoms with Crippen LogP contribution in [-0.4, -0.2) is 55.5 Å². The number of aliphatic hydroxyl groups is 3. The summed E-state index contributed by atoms with van der Waals surface area (Å²) in [7, 11) is 0. The molecule has 0 aliphatic carbocycles. The Morgan fingerprint density at radius 1 is 1.50 bits per heavy atom. The molecule has 124 valence electrons. The lowest BCUT2D eigenvalue weighted by molar-refractivity contribution is -0.306. The molecule has 0 amide bonds. The third-order valence-electron chi connectivity index (χ3n) is 3.59. The fourth-order valence-electron chi connectivity index (χ4n) is 2.22. The molecule has 4 unspecified atom stereocenters. The smallest absolute Gasteiger partial charge is 0.393 e. The summed E-state index contributed by atoms with van der Waals surface area (Å²) < 4.78 is 44.5. The zero-order valence-electron chi connectivity index (χ0n) is 11.3. The molecule has 8 nitrogen and oxygen atoms in total. The fourth-order valence-corrected chi connectivity index (χ4v) is 2.22. The van der Waals surface area contributed by atoms with Crippen LogP contribution in [-0.2, 0) is 4.74 Å². The van der Waals surface area contributed by atoms with E-state index in [1.165, 1.54) is 6.92 Å². The number of aryl methyl sites for hydroxylation is 1. The summed E-state index contributed by atoms with van der Waals surface area (Å²) in [5.74, 6) is -0.126. The van der Waals surface area contributed by atoms with E-state index < -0.39 is 42.5 Å². The highest BCUT2D eigenvalue weighted by Gasteiger charge is 2.69. The molecule has 5 N–H and O–H groups in total. The number of alkyl halides is 3. The number of nitrogen functional groups attached to an aromatic ring is 1. The number of halogens is 3. The molecular weight excluding hydrogens is 311 g/mol. The first-order valence-corrected chi connectivity index (χ1v) is 6.12. The largest absolute Gasteiger partial charge is 0.422 e. The van der Waals surface area contributed by atoms with E-state index in [1.54, 1.807) is 0 Å². The van der Waals surface area contributed by atoms with Crippen molar-refractivity contribution in [3.05, 3.63) is 22.2 Å². The molecule has 1 aliphatic heterocycles. The fraction of sp³-hybridized carbons (Fsp3) is 0.636. The van der Waals surface area contributed by atoms with Crippen molar-refractivity contribution < 1.29 is 33.2 Å². The first-order chi connectivity index (χ1) is 10.0. The number of nitrogens with two attached hydrogens (primary N) is 1. The second kappa shape index (κ2) is 5.19. The third-order valence-corrected chi connectivity index (χ3v) is 3.59. The minimum absolute atomic E-state index is 0.126. The molecule has 0 saturated carbocycles. The number of ether oxygens (including phenoxy) is 1. The Morgan fingerprint density at radius 2 is 2.09 bits per heavy atom. The van der Waals surface area contributed by atoms with Crippen molar-refractivity contribution in [2.24, 2.45) is 0 Å². The van der Waals surface area contributed by atoms with Crippen LogP contribution in [0.1, 0.15) is 11.8 Å². The van der Waals surface area contributed by atoms with Crippen molar-refractivity contribution >= 4 is 5.82 Å². The van der Waals surface area contributed by atoms with E-state index in [2.05, 4.69) is 9.72 Å². The summed E-state index contributed by atoms with van der Waals surface area (Å²) in [6, 6.07) is 0. The SMILES string of the molecule is Cc1cn(C2OC(CO)(C(F)(F)F)C(O)C2O)c(=O)nc1N. The maximum Gasteiger partial charge on any atom is 0.422 e. The van der Waals surface area contributed by atoms with E-state index in [4.69, 9.17) is 10.8 Å². The van der Waals surface area contributed by atoms with Gasteiger partial charge in [0.25, 0.3) is 0 Å². The van der Waals surface area contributed by atoms with Crippen molar-refractivity contribution in [1.29, 1.82) is 0 Å². The van der Waals surface area contributed by atoms with Crippen molar-refractivity contribution in [3.63, 3.8) is 0 Å².